The maximum absolute atomic E-state index is 13.5. The van der Waals surface area contributed by atoms with Gasteiger partial charge in [0.25, 0.3) is 0 Å². The number of fused-ring (bicyclic) bond motifs is 1. The van der Waals surface area contributed by atoms with Crippen molar-refractivity contribution in [3.05, 3.63) is 82.0 Å². The Bertz CT molecular complexity index is 1230. The number of nitrogens with zero attached hydrogens (tertiary/aromatic N) is 2. The zero-order valence-corrected chi connectivity index (χ0v) is 20.0. The van der Waals surface area contributed by atoms with Crippen LogP contribution in [0.5, 0.6) is 0 Å². The van der Waals surface area contributed by atoms with Crippen LogP contribution in [0.2, 0.25) is 0 Å². The molecule has 0 aliphatic heterocycles. The standard InChI is InChI=1S/C28H31FN2O4/c1-2-3-15-30(28(34)21-7-6-8-21)18-26(32)31(16-20-11-13-23(29)14-12-20)17-22-19-35-25-10-5-4-9-24(25)27(22)33/h4-5,9-14,19,21H,2-3,6-8,15-18H2,1H3. The van der Waals surface area contributed by atoms with Crippen LogP contribution < -0.4 is 5.43 Å². The molecule has 2 aromatic carbocycles. The largest absolute Gasteiger partial charge is 0.464 e. The average molecular weight is 479 g/mol. The Morgan fingerprint density at radius 2 is 1.77 bits per heavy atom. The molecule has 0 N–H and O–H groups in total. The van der Waals surface area contributed by atoms with E-state index >= 15 is 0 Å². The van der Waals surface area contributed by atoms with E-state index in [1.165, 1.54) is 18.4 Å². The molecule has 6 nitrogen and oxygen atoms in total. The molecule has 1 aromatic heterocycles. The van der Waals surface area contributed by atoms with E-state index in [9.17, 15) is 18.8 Å². The highest BCUT2D eigenvalue weighted by atomic mass is 19.1. The molecule has 0 unspecified atom stereocenters. The fraction of sp³-hybridized carbons (Fsp3) is 0.393. The molecule has 1 aliphatic carbocycles. The molecule has 0 atom stereocenters. The molecule has 0 spiro atoms. The predicted octanol–water partition coefficient (Wildman–Crippen LogP) is 4.89. The van der Waals surface area contributed by atoms with Crippen molar-refractivity contribution in [3.63, 3.8) is 0 Å². The van der Waals surface area contributed by atoms with Crippen LogP contribution in [0, 0.1) is 11.7 Å². The average Bonchev–Trinajstić information content (AvgIpc) is 2.83. The number of hydrogen-bond acceptors (Lipinski definition) is 4. The topological polar surface area (TPSA) is 70.8 Å². The highest BCUT2D eigenvalue weighted by Crippen LogP contribution is 2.28. The molecule has 1 aliphatic rings. The van der Waals surface area contributed by atoms with Crippen LogP contribution in [-0.4, -0.2) is 34.7 Å². The minimum Gasteiger partial charge on any atom is -0.464 e. The van der Waals surface area contributed by atoms with Crippen LogP contribution in [0.25, 0.3) is 11.0 Å². The number of amides is 2. The summed E-state index contributed by atoms with van der Waals surface area (Å²) in [6.45, 7) is 2.75. The number of para-hydroxylation sites is 1. The van der Waals surface area contributed by atoms with Gasteiger partial charge in [-0.3, -0.25) is 14.4 Å². The lowest BCUT2D eigenvalue weighted by atomic mass is 9.84. The minimum absolute atomic E-state index is 0.00210. The number of rotatable bonds is 10. The van der Waals surface area contributed by atoms with Crippen LogP contribution in [0.15, 0.2) is 64.0 Å². The number of halogens is 1. The second kappa shape index (κ2) is 11.3. The molecule has 184 valence electrons. The van der Waals surface area contributed by atoms with Gasteiger partial charge >= 0.3 is 0 Å². The van der Waals surface area contributed by atoms with Crippen molar-refractivity contribution >= 4 is 22.8 Å². The molecule has 4 rings (SSSR count). The number of carbonyl (C=O) groups excluding carboxylic acids is 2. The Morgan fingerprint density at radius 3 is 2.46 bits per heavy atom. The van der Waals surface area contributed by atoms with Crippen molar-refractivity contribution < 1.29 is 18.4 Å². The molecule has 1 fully saturated rings. The summed E-state index contributed by atoms with van der Waals surface area (Å²) in [6.07, 6.45) is 5.91. The summed E-state index contributed by atoms with van der Waals surface area (Å²) >= 11 is 0. The van der Waals surface area contributed by atoms with E-state index in [1.54, 1.807) is 46.2 Å². The first-order chi connectivity index (χ1) is 17.0. The smallest absolute Gasteiger partial charge is 0.242 e. The summed E-state index contributed by atoms with van der Waals surface area (Å²) in [5, 5.41) is 0.448. The third-order valence-electron chi connectivity index (χ3n) is 6.63. The first-order valence-electron chi connectivity index (χ1n) is 12.3. The second-order valence-electron chi connectivity index (χ2n) is 9.20. The van der Waals surface area contributed by atoms with E-state index in [1.807, 2.05) is 6.92 Å². The molecule has 2 amide bonds. The lowest BCUT2D eigenvalue weighted by molar-refractivity contribution is -0.145. The summed E-state index contributed by atoms with van der Waals surface area (Å²) in [4.78, 5) is 42.8. The number of carbonyl (C=O) groups is 2. The molecule has 7 heteroatoms. The number of benzene rings is 2. The maximum Gasteiger partial charge on any atom is 0.242 e. The molecule has 0 saturated heterocycles. The Morgan fingerprint density at radius 1 is 1.03 bits per heavy atom. The molecule has 0 radical (unpaired) electrons. The normalized spacial score (nSPS) is 13.4. The third kappa shape index (κ3) is 5.96. The Kier molecular flexibility index (Phi) is 7.95. The predicted molar refractivity (Wildman–Crippen MR) is 132 cm³/mol. The molecular formula is C28H31FN2O4. The lowest BCUT2D eigenvalue weighted by Crippen LogP contribution is -2.46. The van der Waals surface area contributed by atoms with E-state index in [-0.39, 0.29) is 48.6 Å². The summed E-state index contributed by atoms with van der Waals surface area (Å²) in [7, 11) is 0. The van der Waals surface area contributed by atoms with Gasteiger partial charge in [-0.25, -0.2) is 4.39 Å². The lowest BCUT2D eigenvalue weighted by Gasteiger charge is -2.33. The van der Waals surface area contributed by atoms with Gasteiger partial charge in [0.2, 0.25) is 11.8 Å². The molecule has 35 heavy (non-hydrogen) atoms. The van der Waals surface area contributed by atoms with Gasteiger partial charge in [0.1, 0.15) is 11.4 Å². The van der Waals surface area contributed by atoms with E-state index in [2.05, 4.69) is 0 Å². The van der Waals surface area contributed by atoms with Crippen molar-refractivity contribution in [1.82, 2.24) is 9.80 Å². The van der Waals surface area contributed by atoms with Crippen LogP contribution in [0.4, 0.5) is 4.39 Å². The van der Waals surface area contributed by atoms with Gasteiger partial charge in [-0.05, 0) is 49.1 Å². The summed E-state index contributed by atoms with van der Waals surface area (Å²) < 4.78 is 19.1. The second-order valence-corrected chi connectivity index (χ2v) is 9.20. The van der Waals surface area contributed by atoms with Crippen molar-refractivity contribution in [2.75, 3.05) is 13.1 Å². The third-order valence-corrected chi connectivity index (χ3v) is 6.63. The zero-order valence-electron chi connectivity index (χ0n) is 20.0. The number of unbranched alkanes of at least 4 members (excludes halogenated alkanes) is 1. The monoisotopic (exact) mass is 478 g/mol. The number of hydrogen-bond donors (Lipinski definition) is 0. The summed E-state index contributed by atoms with van der Waals surface area (Å²) in [6, 6.07) is 12.9. The highest BCUT2D eigenvalue weighted by Gasteiger charge is 2.31. The van der Waals surface area contributed by atoms with Crippen molar-refractivity contribution in [3.8, 4) is 0 Å². The SMILES string of the molecule is CCCCN(CC(=O)N(Cc1ccc(F)cc1)Cc1coc2ccccc2c1=O)C(=O)C1CCC1. The quantitative estimate of drug-likeness (QED) is 0.416. The van der Waals surface area contributed by atoms with Gasteiger partial charge in [0, 0.05) is 19.0 Å². The van der Waals surface area contributed by atoms with Crippen molar-refractivity contribution in [2.24, 2.45) is 5.92 Å². The minimum atomic E-state index is -0.362. The van der Waals surface area contributed by atoms with Crippen LogP contribution >= 0.6 is 0 Å². The Hall–Kier alpha value is -3.48. The molecule has 1 heterocycles. The fourth-order valence-corrected chi connectivity index (χ4v) is 4.27. The van der Waals surface area contributed by atoms with Crippen molar-refractivity contribution in [1.29, 1.82) is 0 Å². The van der Waals surface area contributed by atoms with Gasteiger partial charge < -0.3 is 14.2 Å². The van der Waals surface area contributed by atoms with E-state index in [0.29, 0.717) is 23.1 Å². The van der Waals surface area contributed by atoms with Crippen molar-refractivity contribution in [2.45, 2.75) is 52.1 Å². The molecule has 1 saturated carbocycles. The summed E-state index contributed by atoms with van der Waals surface area (Å²) in [5.74, 6) is -0.591. The van der Waals surface area contributed by atoms with Crippen LogP contribution in [-0.2, 0) is 22.7 Å². The zero-order chi connectivity index (χ0) is 24.8. The van der Waals surface area contributed by atoms with Gasteiger partial charge in [-0.2, -0.15) is 0 Å². The van der Waals surface area contributed by atoms with Crippen LogP contribution in [0.1, 0.15) is 50.2 Å². The maximum atomic E-state index is 13.5. The van der Waals surface area contributed by atoms with Gasteiger partial charge in [0.05, 0.1) is 30.3 Å². The Balaban J connectivity index is 1.59. The van der Waals surface area contributed by atoms with E-state index in [0.717, 1.165) is 37.7 Å². The molecule has 0 bridgehead atoms. The van der Waals surface area contributed by atoms with E-state index in [4.69, 9.17) is 4.42 Å². The van der Waals surface area contributed by atoms with E-state index < -0.39 is 0 Å². The van der Waals surface area contributed by atoms with Gasteiger partial charge in [-0.15, -0.1) is 0 Å². The Labute approximate surface area is 204 Å². The fourth-order valence-electron chi connectivity index (χ4n) is 4.27. The van der Waals surface area contributed by atoms with Crippen LogP contribution in [0.3, 0.4) is 0 Å². The molecular weight excluding hydrogens is 447 g/mol. The highest BCUT2D eigenvalue weighted by molar-refractivity contribution is 5.86. The first kappa shape index (κ1) is 24.6. The van der Waals surface area contributed by atoms with Gasteiger partial charge in [0.15, 0.2) is 5.43 Å². The van der Waals surface area contributed by atoms with Gasteiger partial charge in [-0.1, -0.05) is 44.0 Å². The first-order valence-corrected chi connectivity index (χ1v) is 12.3. The molecule has 3 aromatic rings. The summed E-state index contributed by atoms with van der Waals surface area (Å²) in [5.41, 5.74) is 1.37.